The molecule has 2 rings (SSSR count). The first-order valence-electron chi connectivity index (χ1n) is 9.10. The van der Waals surface area contributed by atoms with Crippen LogP contribution in [0.5, 0.6) is 5.75 Å². The van der Waals surface area contributed by atoms with E-state index in [9.17, 15) is 9.59 Å². The lowest BCUT2D eigenvalue weighted by atomic mass is 10.2. The lowest BCUT2D eigenvalue weighted by molar-refractivity contribution is -0.885. The molecular weight excluding hydrogens is 374 g/mol. The Labute approximate surface area is 170 Å². The first-order valence-corrected chi connectivity index (χ1v) is 10.3. The van der Waals surface area contributed by atoms with Gasteiger partial charge in [-0.25, -0.2) is 0 Å². The molecule has 0 aliphatic carbocycles. The van der Waals surface area contributed by atoms with E-state index in [1.54, 1.807) is 18.9 Å². The minimum atomic E-state index is -0.347. The number of nitrogens with one attached hydrogen (secondary N) is 3. The highest BCUT2D eigenvalue weighted by molar-refractivity contribution is 7.98. The van der Waals surface area contributed by atoms with Crippen LogP contribution in [0.3, 0.4) is 0 Å². The van der Waals surface area contributed by atoms with E-state index in [1.165, 1.54) is 0 Å². The van der Waals surface area contributed by atoms with Gasteiger partial charge in [-0.05, 0) is 43.0 Å². The van der Waals surface area contributed by atoms with Gasteiger partial charge in [0.15, 0.2) is 12.6 Å². The monoisotopic (exact) mass is 402 g/mol. The third-order valence-corrected chi connectivity index (χ3v) is 5.37. The van der Waals surface area contributed by atoms with Gasteiger partial charge in [-0.3, -0.25) is 9.59 Å². The molecule has 2 atom stereocenters. The number of carbonyl (C=O) groups is 2. The van der Waals surface area contributed by atoms with Gasteiger partial charge < -0.3 is 20.3 Å². The zero-order chi connectivity index (χ0) is 20.5. The number of methoxy groups -OCH3 is 1. The van der Waals surface area contributed by atoms with Crippen molar-refractivity contribution in [1.82, 2.24) is 5.32 Å². The van der Waals surface area contributed by atoms with Crippen molar-refractivity contribution >= 4 is 29.3 Å². The molecule has 0 heterocycles. The van der Waals surface area contributed by atoms with Crippen molar-refractivity contribution < 1.29 is 19.2 Å². The second kappa shape index (κ2) is 10.7. The highest BCUT2D eigenvalue weighted by Crippen LogP contribution is 2.24. The summed E-state index contributed by atoms with van der Waals surface area (Å²) < 4.78 is 5.13. The number of hydrogen-bond donors (Lipinski definition) is 3. The quantitative estimate of drug-likeness (QED) is 0.557. The van der Waals surface area contributed by atoms with E-state index in [2.05, 4.69) is 10.6 Å². The number of anilines is 1. The van der Waals surface area contributed by atoms with Gasteiger partial charge in [-0.1, -0.05) is 24.3 Å². The third-order valence-electron chi connectivity index (χ3n) is 4.58. The van der Waals surface area contributed by atoms with Crippen LogP contribution < -0.4 is 20.3 Å². The largest absolute Gasteiger partial charge is 0.497 e. The topological polar surface area (TPSA) is 71.9 Å². The second-order valence-corrected chi connectivity index (χ2v) is 7.41. The first-order chi connectivity index (χ1) is 13.4. The van der Waals surface area contributed by atoms with E-state index >= 15 is 0 Å². The molecule has 0 saturated carbocycles. The molecule has 6 nitrogen and oxygen atoms in total. The number of rotatable bonds is 9. The first kappa shape index (κ1) is 21.8. The molecule has 0 bridgehead atoms. The average molecular weight is 403 g/mol. The Hall–Kier alpha value is -2.51. The van der Waals surface area contributed by atoms with Crippen LogP contribution in [0.25, 0.3) is 0 Å². The molecule has 0 saturated heterocycles. The second-order valence-electron chi connectivity index (χ2n) is 6.56. The Balaban J connectivity index is 1.83. The Morgan fingerprint density at radius 1 is 1.14 bits per heavy atom. The SMILES string of the molecule is COc1ccc(CNC(=O)[C@H](C)[NH+](C)CC(=O)Nc2ccccc2SC)cc1. The number of hydrogen-bond acceptors (Lipinski definition) is 4. The van der Waals surface area contributed by atoms with Gasteiger partial charge in [0.05, 0.1) is 19.8 Å². The van der Waals surface area contributed by atoms with Crippen molar-refractivity contribution in [2.45, 2.75) is 24.4 Å². The van der Waals surface area contributed by atoms with Gasteiger partial charge in [-0.15, -0.1) is 11.8 Å². The summed E-state index contributed by atoms with van der Waals surface area (Å²) in [5.41, 5.74) is 1.79. The maximum Gasteiger partial charge on any atom is 0.279 e. The van der Waals surface area contributed by atoms with Crippen molar-refractivity contribution in [2.24, 2.45) is 0 Å². The maximum absolute atomic E-state index is 12.4. The van der Waals surface area contributed by atoms with Crippen LogP contribution in [0, 0.1) is 0 Å². The molecule has 0 radical (unpaired) electrons. The van der Waals surface area contributed by atoms with Crippen LogP contribution >= 0.6 is 11.8 Å². The zero-order valence-corrected chi connectivity index (χ0v) is 17.6. The average Bonchev–Trinajstić information content (AvgIpc) is 2.72. The molecule has 2 amide bonds. The van der Waals surface area contributed by atoms with Crippen molar-refractivity contribution in [3.8, 4) is 5.75 Å². The minimum absolute atomic E-state index is 0.0920. The van der Waals surface area contributed by atoms with Gasteiger partial charge in [0, 0.05) is 11.4 Å². The molecule has 28 heavy (non-hydrogen) atoms. The number of thioether (sulfide) groups is 1. The van der Waals surface area contributed by atoms with Crippen molar-refractivity contribution in [1.29, 1.82) is 0 Å². The third kappa shape index (κ3) is 6.28. The molecule has 2 aromatic rings. The van der Waals surface area contributed by atoms with Gasteiger partial charge >= 0.3 is 0 Å². The summed E-state index contributed by atoms with van der Waals surface area (Å²) in [6, 6.07) is 14.9. The van der Waals surface area contributed by atoms with Crippen LogP contribution in [0.1, 0.15) is 12.5 Å². The van der Waals surface area contributed by atoms with E-state index in [4.69, 9.17) is 4.74 Å². The fourth-order valence-electron chi connectivity index (χ4n) is 2.66. The maximum atomic E-state index is 12.4. The van der Waals surface area contributed by atoms with Crippen LogP contribution in [-0.2, 0) is 16.1 Å². The van der Waals surface area contributed by atoms with E-state index < -0.39 is 0 Å². The summed E-state index contributed by atoms with van der Waals surface area (Å²) in [5, 5.41) is 5.85. The molecule has 0 fully saturated rings. The highest BCUT2D eigenvalue weighted by atomic mass is 32.2. The summed E-state index contributed by atoms with van der Waals surface area (Å²) in [5.74, 6) is 0.570. The predicted molar refractivity (Wildman–Crippen MR) is 113 cm³/mol. The molecule has 0 aromatic heterocycles. The summed E-state index contributed by atoms with van der Waals surface area (Å²) in [6.45, 7) is 2.47. The molecular formula is C21H28N3O3S+. The molecule has 1 unspecified atom stereocenters. The summed E-state index contributed by atoms with van der Waals surface area (Å²) in [4.78, 5) is 26.6. The van der Waals surface area contributed by atoms with Crippen molar-refractivity contribution in [2.75, 3.05) is 32.3 Å². The Morgan fingerprint density at radius 2 is 1.82 bits per heavy atom. The Morgan fingerprint density at radius 3 is 2.46 bits per heavy atom. The Kier molecular flexibility index (Phi) is 8.35. The zero-order valence-electron chi connectivity index (χ0n) is 16.7. The predicted octanol–water partition coefficient (Wildman–Crippen LogP) is 1.58. The van der Waals surface area contributed by atoms with Gasteiger partial charge in [0.25, 0.3) is 11.8 Å². The number of ether oxygens (including phenoxy) is 1. The van der Waals surface area contributed by atoms with E-state index in [-0.39, 0.29) is 24.4 Å². The summed E-state index contributed by atoms with van der Waals surface area (Å²) in [6.07, 6.45) is 1.97. The normalized spacial score (nSPS) is 12.7. The van der Waals surface area contributed by atoms with Crippen LogP contribution in [0.2, 0.25) is 0 Å². The number of likely N-dealkylation sites (N-methyl/N-ethyl adjacent to an activating group) is 1. The smallest absolute Gasteiger partial charge is 0.279 e. The molecule has 0 aliphatic rings. The van der Waals surface area contributed by atoms with Crippen LogP contribution in [-0.4, -0.2) is 44.8 Å². The summed E-state index contributed by atoms with van der Waals surface area (Å²) in [7, 11) is 3.46. The van der Waals surface area contributed by atoms with Gasteiger partial charge in [0.1, 0.15) is 5.75 Å². The van der Waals surface area contributed by atoms with Gasteiger partial charge in [0.2, 0.25) is 0 Å². The number of amides is 2. The van der Waals surface area contributed by atoms with Crippen molar-refractivity contribution in [3.05, 3.63) is 54.1 Å². The number of carbonyl (C=O) groups excluding carboxylic acids is 2. The van der Waals surface area contributed by atoms with Crippen LogP contribution in [0.15, 0.2) is 53.4 Å². The fraction of sp³-hybridized carbons (Fsp3) is 0.333. The van der Waals surface area contributed by atoms with Gasteiger partial charge in [-0.2, -0.15) is 0 Å². The summed E-state index contributed by atoms with van der Waals surface area (Å²) >= 11 is 1.58. The number of benzene rings is 2. The molecule has 0 spiro atoms. The lowest BCUT2D eigenvalue weighted by Gasteiger charge is -2.21. The number of para-hydroxylation sites is 1. The molecule has 7 heteroatoms. The number of quaternary nitrogens is 1. The standard InChI is InChI=1S/C21H27N3O3S/c1-15(21(26)22-13-16-9-11-17(27-3)12-10-16)24(2)14-20(25)23-18-7-5-6-8-19(18)28-4/h5-12,15H,13-14H2,1-4H3,(H,22,26)(H,23,25)/p+1/t15-/m0/s1. The van der Waals surface area contributed by atoms with E-state index in [1.807, 2.05) is 68.8 Å². The minimum Gasteiger partial charge on any atom is -0.497 e. The van der Waals surface area contributed by atoms with Crippen LogP contribution in [0.4, 0.5) is 5.69 Å². The lowest BCUT2D eigenvalue weighted by Crippen LogP contribution is -3.15. The van der Waals surface area contributed by atoms with Crippen molar-refractivity contribution in [3.63, 3.8) is 0 Å². The fourth-order valence-corrected chi connectivity index (χ4v) is 3.21. The molecule has 0 aliphatic heterocycles. The molecule has 150 valence electrons. The molecule has 3 N–H and O–H groups in total. The Bertz CT molecular complexity index is 796. The van der Waals surface area contributed by atoms with E-state index in [0.717, 1.165) is 26.8 Å². The molecule has 2 aromatic carbocycles. The highest BCUT2D eigenvalue weighted by Gasteiger charge is 2.24. The van der Waals surface area contributed by atoms with E-state index in [0.29, 0.717) is 6.54 Å².